The van der Waals surface area contributed by atoms with Gasteiger partial charge in [-0.05, 0) is 77.0 Å². The molecule has 404 valence electrons. The van der Waals surface area contributed by atoms with Crippen LogP contribution in [0.25, 0.3) is 0 Å². The lowest BCUT2D eigenvalue weighted by atomic mass is 10.0. The zero-order valence-electron chi connectivity index (χ0n) is 45.8. The number of unbranched alkanes of at least 4 members (excludes halogenated alkanes) is 31. The van der Waals surface area contributed by atoms with Crippen molar-refractivity contribution in [1.29, 1.82) is 0 Å². The van der Waals surface area contributed by atoms with Crippen LogP contribution >= 0.6 is 7.82 Å². The molecule has 0 saturated heterocycles. The minimum atomic E-state index is -4.39. The van der Waals surface area contributed by atoms with Crippen molar-refractivity contribution in [1.82, 2.24) is 0 Å². The quantitative estimate of drug-likeness (QED) is 0.0211. The van der Waals surface area contributed by atoms with Crippen LogP contribution in [-0.2, 0) is 32.7 Å². The van der Waals surface area contributed by atoms with Gasteiger partial charge in [0.25, 0.3) is 0 Å². The highest BCUT2D eigenvalue weighted by molar-refractivity contribution is 7.47. The van der Waals surface area contributed by atoms with Crippen LogP contribution < -0.4 is 0 Å². The number of quaternary nitrogens is 1. The number of carbonyl (C=O) groups is 2. The Morgan fingerprint density at radius 3 is 1.17 bits per heavy atom. The predicted molar refractivity (Wildman–Crippen MR) is 293 cm³/mol. The van der Waals surface area contributed by atoms with Gasteiger partial charge in [-0.25, -0.2) is 4.57 Å². The van der Waals surface area contributed by atoms with Gasteiger partial charge >= 0.3 is 19.8 Å². The van der Waals surface area contributed by atoms with Gasteiger partial charge in [0.2, 0.25) is 0 Å². The summed E-state index contributed by atoms with van der Waals surface area (Å²) in [6.07, 6.45) is 63.1. The van der Waals surface area contributed by atoms with E-state index < -0.39 is 26.5 Å². The smallest absolute Gasteiger partial charge is 0.462 e. The molecule has 0 aromatic carbocycles. The number of hydrogen-bond donors (Lipinski definition) is 1. The van der Waals surface area contributed by atoms with E-state index >= 15 is 0 Å². The van der Waals surface area contributed by atoms with Gasteiger partial charge in [-0.1, -0.05) is 223 Å². The first kappa shape index (κ1) is 67.0. The number of ether oxygens (including phenoxy) is 2. The molecule has 0 aliphatic heterocycles. The summed E-state index contributed by atoms with van der Waals surface area (Å²) in [5.41, 5.74) is 0. The first-order valence-electron chi connectivity index (χ1n) is 28.9. The van der Waals surface area contributed by atoms with E-state index in [1.165, 1.54) is 180 Å². The average Bonchev–Trinajstić information content (AvgIpc) is 3.31. The molecular formula is C59H111NO8P+. The summed E-state index contributed by atoms with van der Waals surface area (Å²) < 4.78 is 34.6. The number of hydrogen-bond acceptors (Lipinski definition) is 7. The number of allylic oxidation sites excluding steroid dienone is 8. The summed E-state index contributed by atoms with van der Waals surface area (Å²) in [5, 5.41) is 0. The van der Waals surface area contributed by atoms with E-state index in [9.17, 15) is 19.0 Å². The predicted octanol–water partition coefficient (Wildman–Crippen LogP) is 17.8. The fourth-order valence-corrected chi connectivity index (χ4v) is 8.82. The molecule has 0 aromatic rings. The monoisotopic (exact) mass is 993 g/mol. The number of carbonyl (C=O) groups excluding carboxylic acids is 2. The largest absolute Gasteiger partial charge is 0.472 e. The maximum absolute atomic E-state index is 12.8. The minimum absolute atomic E-state index is 0.0304. The van der Waals surface area contributed by atoms with Gasteiger partial charge in [-0.3, -0.25) is 18.6 Å². The van der Waals surface area contributed by atoms with Crippen molar-refractivity contribution < 1.29 is 42.1 Å². The molecule has 0 radical (unpaired) electrons. The van der Waals surface area contributed by atoms with Gasteiger partial charge < -0.3 is 18.9 Å². The second kappa shape index (κ2) is 50.9. The Labute approximate surface area is 426 Å². The van der Waals surface area contributed by atoms with E-state index in [0.717, 1.165) is 51.4 Å². The molecule has 0 rings (SSSR count). The molecule has 0 fully saturated rings. The molecule has 0 spiro atoms. The molecule has 9 nitrogen and oxygen atoms in total. The molecule has 0 amide bonds. The molecule has 69 heavy (non-hydrogen) atoms. The Bertz CT molecular complexity index is 1310. The lowest BCUT2D eigenvalue weighted by molar-refractivity contribution is -0.870. The zero-order valence-corrected chi connectivity index (χ0v) is 46.7. The molecule has 2 unspecified atom stereocenters. The zero-order chi connectivity index (χ0) is 50.6. The summed E-state index contributed by atoms with van der Waals surface area (Å²) in [7, 11) is 1.48. The third-order valence-electron chi connectivity index (χ3n) is 12.6. The van der Waals surface area contributed by atoms with Crippen molar-refractivity contribution in [2.45, 2.75) is 270 Å². The highest BCUT2D eigenvalue weighted by Gasteiger charge is 2.27. The van der Waals surface area contributed by atoms with E-state index in [-0.39, 0.29) is 32.0 Å². The SMILES string of the molecule is CCCCCCC/C=C\C/C=C\C/C=C\CCCCCCCCCCCCCCC(=O)OC(COC(=O)CCCCCCCCC/C=C\CCCCCCCCC)COP(=O)(O)OCC[N+](C)(C)C. The van der Waals surface area contributed by atoms with Crippen molar-refractivity contribution in [2.75, 3.05) is 47.5 Å². The van der Waals surface area contributed by atoms with Crippen molar-refractivity contribution >= 4 is 19.8 Å². The lowest BCUT2D eigenvalue weighted by Crippen LogP contribution is -2.37. The molecule has 2 atom stereocenters. The maximum Gasteiger partial charge on any atom is 0.472 e. The average molecular weight is 994 g/mol. The third-order valence-corrected chi connectivity index (χ3v) is 13.6. The second-order valence-corrected chi connectivity index (χ2v) is 22.1. The van der Waals surface area contributed by atoms with Crippen molar-refractivity contribution in [2.24, 2.45) is 0 Å². The minimum Gasteiger partial charge on any atom is -0.462 e. The Balaban J connectivity index is 4.16. The summed E-state index contributed by atoms with van der Waals surface area (Å²) >= 11 is 0. The van der Waals surface area contributed by atoms with Gasteiger partial charge in [0.15, 0.2) is 6.10 Å². The number of likely N-dealkylation sites (N-methyl/N-ethyl adjacent to an activating group) is 1. The van der Waals surface area contributed by atoms with Gasteiger partial charge in [-0.15, -0.1) is 0 Å². The fourth-order valence-electron chi connectivity index (χ4n) is 8.08. The molecule has 0 heterocycles. The molecule has 0 saturated carbocycles. The van der Waals surface area contributed by atoms with Crippen LogP contribution in [0.1, 0.15) is 264 Å². The highest BCUT2D eigenvalue weighted by Crippen LogP contribution is 2.43. The van der Waals surface area contributed by atoms with E-state index in [0.29, 0.717) is 17.4 Å². The molecule has 0 aliphatic rings. The Morgan fingerprint density at radius 2 is 0.783 bits per heavy atom. The van der Waals surface area contributed by atoms with E-state index in [4.69, 9.17) is 18.5 Å². The number of nitrogens with zero attached hydrogens (tertiary/aromatic N) is 1. The van der Waals surface area contributed by atoms with Crippen LogP contribution in [0.4, 0.5) is 0 Å². The molecule has 1 N–H and O–H groups in total. The summed E-state index contributed by atoms with van der Waals surface area (Å²) in [5.74, 6) is -0.797. The van der Waals surface area contributed by atoms with Gasteiger partial charge in [0, 0.05) is 12.8 Å². The number of esters is 2. The van der Waals surface area contributed by atoms with E-state index in [2.05, 4.69) is 62.5 Å². The molecular weight excluding hydrogens is 882 g/mol. The first-order valence-corrected chi connectivity index (χ1v) is 30.4. The topological polar surface area (TPSA) is 108 Å². The van der Waals surface area contributed by atoms with Crippen LogP contribution in [0.3, 0.4) is 0 Å². The van der Waals surface area contributed by atoms with Crippen LogP contribution in [0.2, 0.25) is 0 Å². The number of phosphoric acid groups is 1. The summed E-state index contributed by atoms with van der Waals surface area (Å²) in [4.78, 5) is 35.7. The maximum atomic E-state index is 12.8. The van der Waals surface area contributed by atoms with Gasteiger partial charge in [-0.2, -0.15) is 0 Å². The standard InChI is InChI=1S/C59H110NO8P/c1-6-8-10-12-14-16-18-20-22-24-26-27-28-29-30-31-32-33-34-36-38-40-42-44-46-48-50-52-59(62)68-57(56-67-69(63,64)66-54-53-60(3,4)5)55-65-58(61)51-49-47-45-43-41-39-37-35-25-23-21-19-17-15-13-11-9-7-2/h18,20,23-26,28-29,57H,6-17,19,21-22,27,30-56H2,1-5H3/p+1/b20-18-,25-23-,26-24-,29-28-. The highest BCUT2D eigenvalue weighted by atomic mass is 31.2. The molecule has 0 aromatic heterocycles. The van der Waals surface area contributed by atoms with Crippen LogP contribution in [0, 0.1) is 0 Å². The third kappa shape index (κ3) is 55.1. The fraction of sp³-hybridized carbons (Fsp3) is 0.831. The van der Waals surface area contributed by atoms with Crippen molar-refractivity contribution in [3.8, 4) is 0 Å². The summed E-state index contributed by atoms with van der Waals surface area (Å²) in [6, 6.07) is 0. The second-order valence-electron chi connectivity index (χ2n) is 20.7. The van der Waals surface area contributed by atoms with Crippen LogP contribution in [0.5, 0.6) is 0 Å². The number of rotatable bonds is 53. The summed E-state index contributed by atoms with van der Waals surface area (Å²) in [6.45, 7) is 4.44. The van der Waals surface area contributed by atoms with E-state index in [1.54, 1.807) is 0 Å². The Morgan fingerprint density at radius 1 is 0.449 bits per heavy atom. The first-order chi connectivity index (χ1) is 33.5. The van der Waals surface area contributed by atoms with E-state index in [1.807, 2.05) is 21.1 Å². The number of phosphoric ester groups is 1. The Kier molecular flexibility index (Phi) is 49.4. The van der Waals surface area contributed by atoms with Crippen molar-refractivity contribution in [3.63, 3.8) is 0 Å². The van der Waals surface area contributed by atoms with Crippen LogP contribution in [0.15, 0.2) is 48.6 Å². The molecule has 10 heteroatoms. The van der Waals surface area contributed by atoms with Gasteiger partial charge in [0.1, 0.15) is 19.8 Å². The Hall–Kier alpha value is -2.03. The normalized spacial score (nSPS) is 13.7. The molecule has 0 bridgehead atoms. The van der Waals surface area contributed by atoms with Crippen molar-refractivity contribution in [3.05, 3.63) is 48.6 Å². The lowest BCUT2D eigenvalue weighted by Gasteiger charge is -2.24. The molecule has 0 aliphatic carbocycles. The van der Waals surface area contributed by atoms with Crippen LogP contribution in [-0.4, -0.2) is 74.9 Å². The van der Waals surface area contributed by atoms with Gasteiger partial charge in [0.05, 0.1) is 27.7 Å².